The first-order valence-electron chi connectivity index (χ1n) is 19.1. The third kappa shape index (κ3) is 34.1. The third-order valence-corrected chi connectivity index (χ3v) is 9.29. The summed E-state index contributed by atoms with van der Waals surface area (Å²) in [5.41, 5.74) is 0. The SMILES string of the molecule is [CH2]CCC(CCCCCCCCCCC)CCCCCCCCCCCCCCCCCCCCCCCC. The van der Waals surface area contributed by atoms with Crippen LogP contribution in [0.1, 0.15) is 239 Å². The lowest BCUT2D eigenvalue weighted by atomic mass is 9.90. The molecule has 0 rings (SSSR count). The second-order valence-corrected chi connectivity index (χ2v) is 13.3. The minimum atomic E-state index is 0.970. The molecule has 1 radical (unpaired) electrons. The summed E-state index contributed by atoms with van der Waals surface area (Å²) in [7, 11) is 0. The van der Waals surface area contributed by atoms with Crippen LogP contribution in [-0.2, 0) is 0 Å². The van der Waals surface area contributed by atoms with Gasteiger partial charge in [0.2, 0.25) is 0 Å². The number of rotatable bonds is 35. The average molecular weight is 548 g/mol. The predicted octanol–water partition coefficient (Wildman–Crippen LogP) is 15.1. The highest BCUT2D eigenvalue weighted by Crippen LogP contribution is 2.23. The molecule has 0 saturated carbocycles. The molecule has 0 aromatic heterocycles. The lowest BCUT2D eigenvalue weighted by molar-refractivity contribution is 0.381. The maximum absolute atomic E-state index is 4.16. The lowest BCUT2D eigenvalue weighted by Gasteiger charge is -2.16. The topological polar surface area (TPSA) is 0 Å². The first-order valence-corrected chi connectivity index (χ1v) is 19.1. The van der Waals surface area contributed by atoms with Gasteiger partial charge in [0.25, 0.3) is 0 Å². The van der Waals surface area contributed by atoms with Crippen molar-refractivity contribution in [1.82, 2.24) is 0 Å². The molecule has 0 aromatic carbocycles. The molecule has 0 aliphatic rings. The summed E-state index contributed by atoms with van der Waals surface area (Å²) in [5, 5.41) is 0. The van der Waals surface area contributed by atoms with E-state index in [0.29, 0.717) is 0 Å². The van der Waals surface area contributed by atoms with Gasteiger partial charge in [-0.25, -0.2) is 0 Å². The van der Waals surface area contributed by atoms with Gasteiger partial charge in [-0.1, -0.05) is 245 Å². The van der Waals surface area contributed by atoms with Gasteiger partial charge in [-0.05, 0) is 5.92 Å². The van der Waals surface area contributed by atoms with Crippen LogP contribution in [0.5, 0.6) is 0 Å². The fourth-order valence-corrected chi connectivity index (χ4v) is 6.51. The molecule has 0 aliphatic carbocycles. The second-order valence-electron chi connectivity index (χ2n) is 13.3. The minimum absolute atomic E-state index is 0.970. The van der Waals surface area contributed by atoms with E-state index in [1.54, 1.807) is 0 Å². The van der Waals surface area contributed by atoms with Crippen molar-refractivity contribution in [3.63, 3.8) is 0 Å². The zero-order chi connectivity index (χ0) is 28.3. The van der Waals surface area contributed by atoms with E-state index in [1.165, 1.54) is 218 Å². The van der Waals surface area contributed by atoms with E-state index in [-0.39, 0.29) is 0 Å². The summed E-state index contributed by atoms with van der Waals surface area (Å²) in [4.78, 5) is 0. The molecule has 0 fully saturated rings. The fraction of sp³-hybridized carbons (Fsp3) is 0.974. The molecular weight excluding hydrogens is 468 g/mol. The summed E-state index contributed by atoms with van der Waals surface area (Å²) in [6.45, 7) is 8.78. The molecule has 0 aromatic rings. The molecule has 235 valence electrons. The standard InChI is InChI=1S/C39H79/c1-4-7-9-11-13-15-16-17-18-19-20-21-22-23-24-25-26-27-29-31-33-35-38-39(36-6-3)37-34-32-30-28-14-12-10-8-5-2/h39H,3-38H2,1-2H3. The Balaban J connectivity index is 3.29. The Hall–Kier alpha value is 0. The maximum atomic E-state index is 4.16. The monoisotopic (exact) mass is 548 g/mol. The van der Waals surface area contributed by atoms with Crippen LogP contribution in [0, 0.1) is 12.8 Å². The Morgan fingerprint density at radius 2 is 0.487 bits per heavy atom. The van der Waals surface area contributed by atoms with Crippen LogP contribution in [0.4, 0.5) is 0 Å². The normalized spacial score (nSPS) is 12.4. The van der Waals surface area contributed by atoms with Crippen LogP contribution >= 0.6 is 0 Å². The van der Waals surface area contributed by atoms with Gasteiger partial charge < -0.3 is 0 Å². The van der Waals surface area contributed by atoms with Gasteiger partial charge in [-0.3, -0.25) is 0 Å². The molecule has 0 nitrogen and oxygen atoms in total. The van der Waals surface area contributed by atoms with Gasteiger partial charge in [0.1, 0.15) is 0 Å². The molecular formula is C39H79. The Bertz CT molecular complexity index is 399. The summed E-state index contributed by atoms with van der Waals surface area (Å²) in [6, 6.07) is 0. The first kappa shape index (κ1) is 39.0. The highest BCUT2D eigenvalue weighted by molar-refractivity contribution is 4.62. The Kier molecular flexibility index (Phi) is 36.0. The highest BCUT2D eigenvalue weighted by Gasteiger charge is 2.07. The van der Waals surface area contributed by atoms with E-state index in [4.69, 9.17) is 0 Å². The van der Waals surface area contributed by atoms with Gasteiger partial charge in [0.15, 0.2) is 0 Å². The van der Waals surface area contributed by atoms with E-state index in [1.807, 2.05) is 0 Å². The Labute approximate surface area is 251 Å². The summed E-state index contributed by atoms with van der Waals surface area (Å²) >= 11 is 0. The van der Waals surface area contributed by atoms with E-state index < -0.39 is 0 Å². The summed E-state index contributed by atoms with van der Waals surface area (Å²) < 4.78 is 0. The Morgan fingerprint density at radius 1 is 0.282 bits per heavy atom. The molecule has 0 bridgehead atoms. The number of hydrogen-bond acceptors (Lipinski definition) is 0. The lowest BCUT2D eigenvalue weighted by Crippen LogP contribution is -2.00. The largest absolute Gasteiger partial charge is 0.0654 e. The summed E-state index contributed by atoms with van der Waals surface area (Å²) in [5.74, 6) is 0.970. The molecule has 1 unspecified atom stereocenters. The second kappa shape index (κ2) is 36.0. The highest BCUT2D eigenvalue weighted by atomic mass is 14.1. The van der Waals surface area contributed by atoms with E-state index >= 15 is 0 Å². The minimum Gasteiger partial charge on any atom is -0.0654 e. The van der Waals surface area contributed by atoms with Crippen LogP contribution < -0.4 is 0 Å². The molecule has 0 N–H and O–H groups in total. The van der Waals surface area contributed by atoms with Gasteiger partial charge in [-0.15, -0.1) is 0 Å². The zero-order valence-electron chi connectivity index (χ0n) is 28.0. The molecule has 0 amide bonds. The van der Waals surface area contributed by atoms with Gasteiger partial charge in [0, 0.05) is 0 Å². The van der Waals surface area contributed by atoms with Crippen molar-refractivity contribution in [2.24, 2.45) is 5.92 Å². The first-order chi connectivity index (χ1) is 19.3. The quantitative estimate of drug-likeness (QED) is 0.0692. The van der Waals surface area contributed by atoms with Gasteiger partial charge in [-0.2, -0.15) is 0 Å². The van der Waals surface area contributed by atoms with Gasteiger partial charge in [0.05, 0.1) is 0 Å². The molecule has 0 heteroatoms. The Morgan fingerprint density at radius 3 is 0.692 bits per heavy atom. The van der Waals surface area contributed by atoms with E-state index in [2.05, 4.69) is 20.8 Å². The van der Waals surface area contributed by atoms with Crippen molar-refractivity contribution >= 4 is 0 Å². The molecule has 39 heavy (non-hydrogen) atoms. The predicted molar refractivity (Wildman–Crippen MR) is 182 cm³/mol. The number of unbranched alkanes of at least 4 members (excludes halogenated alkanes) is 29. The average Bonchev–Trinajstić information content (AvgIpc) is 2.94. The van der Waals surface area contributed by atoms with Crippen LogP contribution in [0.2, 0.25) is 0 Å². The summed E-state index contributed by atoms with van der Waals surface area (Å²) in [6.07, 6.45) is 51.1. The van der Waals surface area contributed by atoms with Crippen molar-refractivity contribution in [2.75, 3.05) is 0 Å². The van der Waals surface area contributed by atoms with Crippen LogP contribution in [0.15, 0.2) is 0 Å². The third-order valence-electron chi connectivity index (χ3n) is 9.29. The van der Waals surface area contributed by atoms with Crippen LogP contribution in [-0.4, -0.2) is 0 Å². The number of hydrogen-bond donors (Lipinski definition) is 0. The molecule has 1 atom stereocenters. The maximum Gasteiger partial charge on any atom is -0.0414 e. The van der Waals surface area contributed by atoms with E-state index in [0.717, 1.165) is 12.3 Å². The van der Waals surface area contributed by atoms with Crippen LogP contribution in [0.25, 0.3) is 0 Å². The smallest absolute Gasteiger partial charge is 0.0414 e. The van der Waals surface area contributed by atoms with Crippen LogP contribution in [0.3, 0.4) is 0 Å². The fourth-order valence-electron chi connectivity index (χ4n) is 6.51. The van der Waals surface area contributed by atoms with Gasteiger partial charge >= 0.3 is 0 Å². The van der Waals surface area contributed by atoms with Crippen molar-refractivity contribution in [2.45, 2.75) is 239 Å². The molecule has 0 heterocycles. The molecule has 0 saturated heterocycles. The molecule has 0 aliphatic heterocycles. The van der Waals surface area contributed by atoms with Crippen molar-refractivity contribution in [1.29, 1.82) is 0 Å². The van der Waals surface area contributed by atoms with Crippen molar-refractivity contribution < 1.29 is 0 Å². The van der Waals surface area contributed by atoms with Crippen molar-refractivity contribution in [3.8, 4) is 0 Å². The zero-order valence-corrected chi connectivity index (χ0v) is 28.0. The molecule has 0 spiro atoms. The van der Waals surface area contributed by atoms with Crippen molar-refractivity contribution in [3.05, 3.63) is 6.92 Å². The van der Waals surface area contributed by atoms with E-state index in [9.17, 15) is 0 Å².